The van der Waals surface area contributed by atoms with E-state index in [-0.39, 0.29) is 11.6 Å². The molecule has 0 saturated carbocycles. The van der Waals surface area contributed by atoms with Gasteiger partial charge in [0.15, 0.2) is 0 Å². The largest absolute Gasteiger partial charge is 0.365 e. The normalized spacial score (nSPS) is 18.7. The number of nitrogens with one attached hydrogen (secondary N) is 1. The molecule has 1 atom stereocenters. The molecule has 5 nitrogen and oxygen atoms in total. The number of hydrogen-bond donors (Lipinski definition) is 1. The van der Waals surface area contributed by atoms with Crippen molar-refractivity contribution in [3.05, 3.63) is 21.0 Å². The van der Waals surface area contributed by atoms with Crippen LogP contribution in [0, 0.1) is 0 Å². The predicted molar refractivity (Wildman–Crippen MR) is 90.1 cm³/mol. The molecule has 6 heteroatoms. The molecule has 1 aliphatic rings. The monoisotopic (exact) mass is 356 g/mol. The van der Waals surface area contributed by atoms with Gasteiger partial charge in [0.2, 0.25) is 0 Å². The van der Waals surface area contributed by atoms with E-state index in [1.165, 1.54) is 17.5 Å². The standard InChI is InChI=1S/C15H25BrN4O/c1-10(2)19(9-12-6-5-7-17-12)13-8-18-20(11(3)4)15(21)14(13)16/h8,10-12,17H,5-7,9H2,1-4H3. The maximum Gasteiger partial charge on any atom is 0.283 e. The average Bonchev–Trinajstić information content (AvgIpc) is 2.92. The maximum absolute atomic E-state index is 12.4. The molecule has 0 radical (unpaired) electrons. The zero-order chi connectivity index (χ0) is 15.6. The fraction of sp³-hybridized carbons (Fsp3) is 0.733. The Bertz CT molecular complexity index is 535. The molecule has 1 aromatic heterocycles. The van der Waals surface area contributed by atoms with Crippen LogP contribution in [0.3, 0.4) is 0 Å². The molecule has 2 rings (SSSR count). The Balaban J connectivity index is 2.32. The second-order valence-corrected chi connectivity index (χ2v) is 7.02. The maximum atomic E-state index is 12.4. The number of hydrogen-bond acceptors (Lipinski definition) is 4. The zero-order valence-corrected chi connectivity index (χ0v) is 14.9. The highest BCUT2D eigenvalue weighted by molar-refractivity contribution is 9.10. The first-order valence-corrected chi connectivity index (χ1v) is 8.48. The lowest BCUT2D eigenvalue weighted by molar-refractivity contribution is 0.496. The molecule has 0 bridgehead atoms. The van der Waals surface area contributed by atoms with Gasteiger partial charge in [0, 0.05) is 18.6 Å². The summed E-state index contributed by atoms with van der Waals surface area (Å²) in [6, 6.07) is 0.874. The number of nitrogens with zero attached hydrogens (tertiary/aromatic N) is 3. The summed E-state index contributed by atoms with van der Waals surface area (Å²) in [6.45, 7) is 10.2. The van der Waals surface area contributed by atoms with Crippen LogP contribution >= 0.6 is 15.9 Å². The Hall–Kier alpha value is -0.880. The van der Waals surface area contributed by atoms with E-state index in [4.69, 9.17) is 0 Å². The first-order valence-electron chi connectivity index (χ1n) is 7.69. The smallest absolute Gasteiger partial charge is 0.283 e. The molecule has 0 amide bonds. The number of rotatable bonds is 5. The summed E-state index contributed by atoms with van der Waals surface area (Å²) in [7, 11) is 0. The van der Waals surface area contributed by atoms with Crippen LogP contribution in [-0.4, -0.2) is 35.0 Å². The molecule has 1 saturated heterocycles. The van der Waals surface area contributed by atoms with Crippen molar-refractivity contribution in [2.45, 2.75) is 58.7 Å². The fourth-order valence-corrected chi connectivity index (χ4v) is 3.25. The minimum atomic E-state index is -0.0625. The summed E-state index contributed by atoms with van der Waals surface area (Å²) < 4.78 is 2.12. The highest BCUT2D eigenvalue weighted by atomic mass is 79.9. The summed E-state index contributed by atoms with van der Waals surface area (Å²) in [4.78, 5) is 14.7. The molecule has 0 aliphatic carbocycles. The molecule has 1 aromatic rings. The summed E-state index contributed by atoms with van der Waals surface area (Å²) in [5, 5.41) is 7.84. The van der Waals surface area contributed by atoms with Crippen molar-refractivity contribution >= 4 is 21.6 Å². The third kappa shape index (κ3) is 3.66. The highest BCUT2D eigenvalue weighted by Gasteiger charge is 2.23. The first-order chi connectivity index (χ1) is 9.91. The van der Waals surface area contributed by atoms with E-state index in [9.17, 15) is 4.79 Å². The lowest BCUT2D eigenvalue weighted by Crippen LogP contribution is -2.42. The van der Waals surface area contributed by atoms with Gasteiger partial charge in [0.1, 0.15) is 4.47 Å². The van der Waals surface area contributed by atoms with Crippen molar-refractivity contribution in [1.82, 2.24) is 15.1 Å². The Morgan fingerprint density at radius 2 is 2.19 bits per heavy atom. The number of aromatic nitrogens is 2. The Morgan fingerprint density at radius 1 is 1.48 bits per heavy atom. The van der Waals surface area contributed by atoms with E-state index in [1.807, 2.05) is 13.8 Å². The highest BCUT2D eigenvalue weighted by Crippen LogP contribution is 2.25. The van der Waals surface area contributed by atoms with Crippen LogP contribution in [0.1, 0.15) is 46.6 Å². The van der Waals surface area contributed by atoms with Crippen molar-refractivity contribution in [1.29, 1.82) is 0 Å². The first kappa shape index (κ1) is 16.5. The molecule has 118 valence electrons. The molecule has 21 heavy (non-hydrogen) atoms. The Morgan fingerprint density at radius 3 is 2.71 bits per heavy atom. The second-order valence-electron chi connectivity index (χ2n) is 6.23. The SMILES string of the molecule is CC(C)N(CC1CCCN1)c1cnn(C(C)C)c(=O)c1Br. The lowest BCUT2D eigenvalue weighted by atomic mass is 10.2. The fourth-order valence-electron chi connectivity index (χ4n) is 2.74. The van der Waals surface area contributed by atoms with E-state index in [2.05, 4.69) is 45.1 Å². The van der Waals surface area contributed by atoms with Crippen molar-refractivity contribution in [2.75, 3.05) is 18.0 Å². The minimum absolute atomic E-state index is 0.0619. The topological polar surface area (TPSA) is 50.2 Å². The quantitative estimate of drug-likeness (QED) is 0.880. The molecule has 0 aromatic carbocycles. The van der Waals surface area contributed by atoms with Crippen LogP contribution < -0.4 is 15.8 Å². The summed E-state index contributed by atoms with van der Waals surface area (Å²) in [5.41, 5.74) is 0.827. The van der Waals surface area contributed by atoms with Crippen LogP contribution in [0.25, 0.3) is 0 Å². The van der Waals surface area contributed by atoms with E-state index in [1.54, 1.807) is 6.20 Å². The van der Waals surface area contributed by atoms with Gasteiger partial charge in [-0.15, -0.1) is 0 Å². The van der Waals surface area contributed by atoms with Crippen LogP contribution in [0.15, 0.2) is 15.5 Å². The van der Waals surface area contributed by atoms with Gasteiger partial charge in [-0.2, -0.15) is 5.10 Å². The molecule has 1 N–H and O–H groups in total. The van der Waals surface area contributed by atoms with E-state index in [0.29, 0.717) is 16.6 Å². The molecule has 1 unspecified atom stereocenters. The zero-order valence-electron chi connectivity index (χ0n) is 13.3. The Kier molecular flexibility index (Phi) is 5.43. The van der Waals surface area contributed by atoms with Crippen LogP contribution in [0.5, 0.6) is 0 Å². The summed E-state index contributed by atoms with van der Waals surface area (Å²) >= 11 is 3.48. The van der Waals surface area contributed by atoms with Gasteiger partial charge in [-0.05, 0) is 63.0 Å². The van der Waals surface area contributed by atoms with Gasteiger partial charge in [0.05, 0.1) is 17.9 Å². The van der Waals surface area contributed by atoms with Crippen LogP contribution in [-0.2, 0) is 0 Å². The lowest BCUT2D eigenvalue weighted by Gasteiger charge is -2.32. The third-order valence-corrected chi connectivity index (χ3v) is 4.67. The average molecular weight is 357 g/mol. The minimum Gasteiger partial charge on any atom is -0.365 e. The van der Waals surface area contributed by atoms with Gasteiger partial charge in [-0.25, -0.2) is 4.68 Å². The molecular weight excluding hydrogens is 332 g/mol. The van der Waals surface area contributed by atoms with Gasteiger partial charge in [0.25, 0.3) is 5.56 Å². The van der Waals surface area contributed by atoms with Crippen molar-refractivity contribution in [3.63, 3.8) is 0 Å². The van der Waals surface area contributed by atoms with Gasteiger partial charge in [-0.3, -0.25) is 4.79 Å². The number of anilines is 1. The van der Waals surface area contributed by atoms with Crippen LogP contribution in [0.4, 0.5) is 5.69 Å². The van der Waals surface area contributed by atoms with Gasteiger partial charge in [-0.1, -0.05) is 0 Å². The van der Waals surface area contributed by atoms with Crippen molar-refractivity contribution in [3.8, 4) is 0 Å². The molecular formula is C15H25BrN4O. The van der Waals surface area contributed by atoms with Crippen LogP contribution in [0.2, 0.25) is 0 Å². The third-order valence-electron chi connectivity index (χ3n) is 3.93. The second kappa shape index (κ2) is 6.92. The van der Waals surface area contributed by atoms with Gasteiger partial charge >= 0.3 is 0 Å². The molecule has 1 aliphatic heterocycles. The van der Waals surface area contributed by atoms with E-state index >= 15 is 0 Å². The molecule has 1 fully saturated rings. The molecule has 0 spiro atoms. The predicted octanol–water partition coefficient (Wildman–Crippen LogP) is 2.55. The molecule has 2 heterocycles. The van der Waals surface area contributed by atoms with E-state index < -0.39 is 0 Å². The number of halogens is 1. The van der Waals surface area contributed by atoms with Crippen molar-refractivity contribution in [2.24, 2.45) is 0 Å². The summed E-state index contributed by atoms with van der Waals surface area (Å²) in [6.07, 6.45) is 4.22. The van der Waals surface area contributed by atoms with Crippen molar-refractivity contribution < 1.29 is 0 Å². The van der Waals surface area contributed by atoms with Gasteiger partial charge < -0.3 is 10.2 Å². The summed E-state index contributed by atoms with van der Waals surface area (Å²) in [5.74, 6) is 0. The van der Waals surface area contributed by atoms with E-state index in [0.717, 1.165) is 18.8 Å². The Labute approximate surface area is 134 Å².